The summed E-state index contributed by atoms with van der Waals surface area (Å²) in [4.78, 5) is 12.3. The lowest BCUT2D eigenvalue weighted by Crippen LogP contribution is -2.07. The summed E-state index contributed by atoms with van der Waals surface area (Å²) in [6.07, 6.45) is 5.19. The number of allylic oxidation sites excluding steroid dienone is 1. The molecule has 0 saturated heterocycles. The molecule has 0 aromatic rings. The van der Waals surface area contributed by atoms with Gasteiger partial charge in [0, 0.05) is 17.9 Å². The van der Waals surface area contributed by atoms with Gasteiger partial charge < -0.3 is 0 Å². The van der Waals surface area contributed by atoms with Crippen LogP contribution in [-0.2, 0) is 4.79 Å². The molecule has 0 aliphatic carbocycles. The molecule has 3 heteroatoms. The van der Waals surface area contributed by atoms with E-state index in [0.717, 1.165) is 12.8 Å². The SMILES string of the molecule is CCC/C=C/C(=O)NCl. The summed E-state index contributed by atoms with van der Waals surface area (Å²) >= 11 is 4.98. The van der Waals surface area contributed by atoms with Crippen LogP contribution in [0.3, 0.4) is 0 Å². The molecule has 52 valence electrons. The van der Waals surface area contributed by atoms with E-state index in [1.54, 1.807) is 6.08 Å². The summed E-state index contributed by atoms with van der Waals surface area (Å²) in [5, 5.41) is 0. The Morgan fingerprint density at radius 2 is 2.44 bits per heavy atom. The van der Waals surface area contributed by atoms with Crippen molar-refractivity contribution in [3.63, 3.8) is 0 Å². The fourth-order valence-electron chi connectivity index (χ4n) is 0.389. The second-order valence-corrected chi connectivity index (χ2v) is 1.84. The number of nitrogens with one attached hydrogen (secondary N) is 1. The molecule has 2 nitrogen and oxygen atoms in total. The first-order chi connectivity index (χ1) is 4.31. The van der Waals surface area contributed by atoms with Gasteiger partial charge in [-0.1, -0.05) is 19.4 Å². The summed E-state index contributed by atoms with van der Waals surface area (Å²) in [6.45, 7) is 2.04. The van der Waals surface area contributed by atoms with Crippen molar-refractivity contribution in [1.29, 1.82) is 0 Å². The van der Waals surface area contributed by atoms with E-state index in [2.05, 4.69) is 0 Å². The van der Waals surface area contributed by atoms with Crippen LogP contribution in [0.25, 0.3) is 0 Å². The van der Waals surface area contributed by atoms with Crippen molar-refractivity contribution >= 4 is 17.7 Å². The molecule has 0 fully saturated rings. The fraction of sp³-hybridized carbons (Fsp3) is 0.500. The van der Waals surface area contributed by atoms with E-state index in [1.165, 1.54) is 6.08 Å². The van der Waals surface area contributed by atoms with Gasteiger partial charge >= 0.3 is 0 Å². The quantitative estimate of drug-likeness (QED) is 0.477. The molecule has 1 amide bonds. The van der Waals surface area contributed by atoms with Crippen LogP contribution in [0, 0.1) is 0 Å². The third-order valence-corrected chi connectivity index (χ3v) is 1.00. The van der Waals surface area contributed by atoms with Gasteiger partial charge in [0.2, 0.25) is 0 Å². The second kappa shape index (κ2) is 5.63. The molecule has 0 rings (SSSR count). The Balaban J connectivity index is 3.32. The predicted octanol–water partition coefficient (Wildman–Crippen LogP) is 1.61. The van der Waals surface area contributed by atoms with Crippen LogP contribution in [0.1, 0.15) is 19.8 Å². The Labute approximate surface area is 60.0 Å². The van der Waals surface area contributed by atoms with Gasteiger partial charge in [-0.15, -0.1) is 0 Å². The van der Waals surface area contributed by atoms with Crippen molar-refractivity contribution in [1.82, 2.24) is 4.84 Å². The molecular formula is C6H10ClNO. The van der Waals surface area contributed by atoms with Crippen LogP contribution in [0.15, 0.2) is 12.2 Å². The van der Waals surface area contributed by atoms with Gasteiger partial charge in [-0.05, 0) is 6.42 Å². The number of carbonyl (C=O) groups excluding carboxylic acids is 1. The standard InChI is InChI=1S/C6H10ClNO/c1-2-3-4-5-6(9)8-7/h4-5H,2-3H2,1H3,(H,8,9)/b5-4+. The van der Waals surface area contributed by atoms with Crippen LogP contribution in [0.2, 0.25) is 0 Å². The molecule has 0 atom stereocenters. The van der Waals surface area contributed by atoms with Gasteiger partial charge in [-0.3, -0.25) is 9.63 Å². The Morgan fingerprint density at radius 1 is 1.78 bits per heavy atom. The number of halogens is 1. The van der Waals surface area contributed by atoms with Crippen LogP contribution >= 0.6 is 11.8 Å². The topological polar surface area (TPSA) is 29.1 Å². The molecule has 0 radical (unpaired) electrons. The first-order valence-corrected chi connectivity index (χ1v) is 3.26. The van der Waals surface area contributed by atoms with Gasteiger partial charge in [0.05, 0.1) is 0 Å². The lowest BCUT2D eigenvalue weighted by Gasteiger charge is -1.85. The summed E-state index contributed by atoms with van der Waals surface area (Å²) in [7, 11) is 0. The summed E-state index contributed by atoms with van der Waals surface area (Å²) in [5.74, 6) is -0.259. The largest absolute Gasteiger partial charge is 0.269 e. The maximum Gasteiger partial charge on any atom is 0.257 e. The molecule has 0 aromatic carbocycles. The van der Waals surface area contributed by atoms with E-state index in [4.69, 9.17) is 11.8 Å². The number of amides is 1. The van der Waals surface area contributed by atoms with E-state index < -0.39 is 0 Å². The summed E-state index contributed by atoms with van der Waals surface area (Å²) in [6, 6.07) is 0. The van der Waals surface area contributed by atoms with Crippen molar-refractivity contribution < 1.29 is 4.79 Å². The molecule has 0 aliphatic heterocycles. The summed E-state index contributed by atoms with van der Waals surface area (Å²) < 4.78 is 0. The van der Waals surface area contributed by atoms with Gasteiger partial charge in [-0.2, -0.15) is 0 Å². The van der Waals surface area contributed by atoms with Crippen LogP contribution in [-0.4, -0.2) is 5.91 Å². The molecule has 0 heterocycles. The molecule has 0 aliphatic rings. The zero-order valence-electron chi connectivity index (χ0n) is 5.36. The third kappa shape index (κ3) is 5.37. The minimum Gasteiger partial charge on any atom is -0.269 e. The first kappa shape index (κ1) is 8.50. The number of hydrogen-bond donors (Lipinski definition) is 1. The fourth-order valence-corrected chi connectivity index (χ4v) is 0.452. The van der Waals surface area contributed by atoms with Crippen LogP contribution < -0.4 is 4.84 Å². The molecular weight excluding hydrogens is 138 g/mol. The second-order valence-electron chi connectivity index (χ2n) is 1.65. The highest BCUT2D eigenvalue weighted by atomic mass is 35.5. The van der Waals surface area contributed by atoms with Crippen molar-refractivity contribution in [2.24, 2.45) is 0 Å². The summed E-state index contributed by atoms with van der Waals surface area (Å²) in [5.41, 5.74) is 0. The lowest BCUT2D eigenvalue weighted by atomic mass is 10.3. The molecule has 1 N–H and O–H groups in total. The molecule has 0 aromatic heterocycles. The van der Waals surface area contributed by atoms with Gasteiger partial charge in [-0.25, -0.2) is 0 Å². The third-order valence-electron chi connectivity index (χ3n) is 0.818. The number of carbonyl (C=O) groups is 1. The smallest absolute Gasteiger partial charge is 0.257 e. The molecule has 0 saturated carbocycles. The van der Waals surface area contributed by atoms with Gasteiger partial charge in [0.1, 0.15) is 0 Å². The van der Waals surface area contributed by atoms with Crippen molar-refractivity contribution in [2.45, 2.75) is 19.8 Å². The first-order valence-electron chi connectivity index (χ1n) is 2.88. The minimum atomic E-state index is -0.259. The van der Waals surface area contributed by atoms with Crippen LogP contribution in [0.5, 0.6) is 0 Å². The van der Waals surface area contributed by atoms with Crippen molar-refractivity contribution in [3.8, 4) is 0 Å². The Morgan fingerprint density at radius 3 is 2.89 bits per heavy atom. The minimum absolute atomic E-state index is 0.259. The molecule has 0 spiro atoms. The Bertz CT molecular complexity index is 112. The van der Waals surface area contributed by atoms with E-state index >= 15 is 0 Å². The molecule has 0 bridgehead atoms. The normalized spacial score (nSPS) is 10.0. The van der Waals surface area contributed by atoms with Crippen molar-refractivity contribution in [3.05, 3.63) is 12.2 Å². The Hall–Kier alpha value is -0.500. The Kier molecular flexibility index (Phi) is 5.32. The van der Waals surface area contributed by atoms with Gasteiger partial charge in [0.15, 0.2) is 0 Å². The average molecular weight is 148 g/mol. The van der Waals surface area contributed by atoms with Gasteiger partial charge in [0.25, 0.3) is 5.91 Å². The van der Waals surface area contributed by atoms with Crippen molar-refractivity contribution in [2.75, 3.05) is 0 Å². The zero-order chi connectivity index (χ0) is 7.11. The number of hydrogen-bond acceptors (Lipinski definition) is 1. The lowest BCUT2D eigenvalue weighted by molar-refractivity contribution is -0.114. The zero-order valence-corrected chi connectivity index (χ0v) is 6.11. The highest BCUT2D eigenvalue weighted by molar-refractivity contribution is 6.23. The molecule has 0 unspecified atom stereocenters. The maximum atomic E-state index is 10.4. The van der Waals surface area contributed by atoms with E-state index in [1.807, 2.05) is 11.8 Å². The number of unbranched alkanes of at least 4 members (excludes halogenated alkanes) is 1. The van der Waals surface area contributed by atoms with E-state index in [-0.39, 0.29) is 5.91 Å². The van der Waals surface area contributed by atoms with E-state index in [0.29, 0.717) is 0 Å². The highest BCUT2D eigenvalue weighted by Crippen LogP contribution is 1.87. The molecule has 9 heavy (non-hydrogen) atoms. The van der Waals surface area contributed by atoms with Crippen LogP contribution in [0.4, 0.5) is 0 Å². The van der Waals surface area contributed by atoms with E-state index in [9.17, 15) is 4.79 Å². The predicted molar refractivity (Wildman–Crippen MR) is 38.0 cm³/mol. The number of rotatable bonds is 3. The average Bonchev–Trinajstić information content (AvgIpc) is 1.89. The highest BCUT2D eigenvalue weighted by Gasteiger charge is 1.86. The maximum absolute atomic E-state index is 10.4. The monoisotopic (exact) mass is 147 g/mol.